The molecule has 0 saturated heterocycles. The van der Waals surface area contributed by atoms with Crippen LogP contribution in [0.25, 0.3) is 0 Å². The van der Waals surface area contributed by atoms with E-state index in [1.54, 1.807) is 24.3 Å². The van der Waals surface area contributed by atoms with Crippen LogP contribution in [0.2, 0.25) is 5.02 Å². The van der Waals surface area contributed by atoms with Crippen LogP contribution >= 0.6 is 11.6 Å². The number of non-ortho nitro benzene ring substituents is 1. The van der Waals surface area contributed by atoms with E-state index in [1.807, 2.05) is 24.3 Å². The van der Waals surface area contributed by atoms with Gasteiger partial charge in [-0.2, -0.15) is 0 Å². The Morgan fingerprint density at radius 3 is 2.00 bits per heavy atom. The monoisotopic (exact) mass is 624 g/mol. The summed E-state index contributed by atoms with van der Waals surface area (Å²) in [6.45, 7) is 9.22. The SMILES string of the molecule is CC1(C)CC(=O)C2=C(C1)N(Cc1ccccc1)C1=C(C(=O)CC(C)(C)C1)C2c1ccc(OCc2cccc([N+](=O)[O-])c2)c(Cl)c1. The van der Waals surface area contributed by atoms with E-state index < -0.39 is 10.8 Å². The zero-order valence-electron chi connectivity index (χ0n) is 26.1. The number of allylic oxidation sites excluding steroid dienone is 4. The maximum Gasteiger partial charge on any atom is 0.269 e. The number of carbonyl (C=O) groups excluding carboxylic acids is 2. The molecule has 7 nitrogen and oxygen atoms in total. The molecule has 1 heterocycles. The summed E-state index contributed by atoms with van der Waals surface area (Å²) in [6.07, 6.45) is 2.26. The Bertz CT molecular complexity index is 1720. The van der Waals surface area contributed by atoms with Gasteiger partial charge < -0.3 is 9.64 Å². The van der Waals surface area contributed by atoms with Gasteiger partial charge in [0.2, 0.25) is 0 Å². The Kier molecular flexibility index (Phi) is 7.94. The van der Waals surface area contributed by atoms with Crippen molar-refractivity contribution >= 4 is 28.9 Å². The average molecular weight is 625 g/mol. The molecule has 45 heavy (non-hydrogen) atoms. The van der Waals surface area contributed by atoms with Gasteiger partial charge in [-0.15, -0.1) is 0 Å². The molecule has 0 aromatic heterocycles. The molecule has 3 aromatic rings. The molecule has 0 unspecified atom stereocenters. The Balaban J connectivity index is 1.43. The van der Waals surface area contributed by atoms with E-state index in [2.05, 4.69) is 44.7 Å². The third-order valence-corrected chi connectivity index (χ3v) is 9.31. The van der Waals surface area contributed by atoms with Crippen molar-refractivity contribution in [2.75, 3.05) is 0 Å². The van der Waals surface area contributed by atoms with Gasteiger partial charge in [-0.1, -0.05) is 87.8 Å². The Morgan fingerprint density at radius 1 is 0.822 bits per heavy atom. The van der Waals surface area contributed by atoms with E-state index in [9.17, 15) is 19.7 Å². The Hall–Kier alpha value is -4.23. The topological polar surface area (TPSA) is 89.8 Å². The number of rotatable bonds is 7. The van der Waals surface area contributed by atoms with Crippen LogP contribution in [-0.2, 0) is 22.7 Å². The zero-order valence-corrected chi connectivity index (χ0v) is 26.8. The standard InChI is InChI=1S/C37H37ClN2O5/c1-36(2)17-28-34(30(41)19-36)33(25-13-14-32(27(38)16-25)45-22-24-11-8-12-26(15-24)40(43)44)35-29(18-37(3,4)20-31(35)42)39(28)21-23-9-6-5-7-10-23/h5-16,33H,17-22H2,1-4H3. The minimum absolute atomic E-state index is 0.00929. The van der Waals surface area contributed by atoms with E-state index in [0.717, 1.165) is 35.4 Å². The molecule has 0 spiro atoms. The van der Waals surface area contributed by atoms with Gasteiger partial charge in [0.15, 0.2) is 11.6 Å². The predicted octanol–water partition coefficient (Wildman–Crippen LogP) is 8.71. The number of nitro groups is 1. The number of carbonyl (C=O) groups is 2. The fraction of sp³-hybridized carbons (Fsp3) is 0.351. The molecule has 3 aliphatic rings. The summed E-state index contributed by atoms with van der Waals surface area (Å²) in [5, 5.41) is 11.5. The molecule has 1 aliphatic heterocycles. The van der Waals surface area contributed by atoms with Crippen molar-refractivity contribution in [3.05, 3.63) is 127 Å². The lowest BCUT2D eigenvalue weighted by atomic mass is 9.63. The van der Waals surface area contributed by atoms with E-state index >= 15 is 0 Å². The third kappa shape index (κ3) is 6.19. The lowest BCUT2D eigenvalue weighted by Gasteiger charge is -2.49. The number of nitrogens with zero attached hydrogens (tertiary/aromatic N) is 2. The number of ether oxygens (including phenoxy) is 1. The molecule has 0 atom stereocenters. The average Bonchev–Trinajstić information content (AvgIpc) is 2.96. The second kappa shape index (κ2) is 11.6. The summed E-state index contributed by atoms with van der Waals surface area (Å²) >= 11 is 6.80. The van der Waals surface area contributed by atoms with Crippen molar-refractivity contribution in [2.45, 2.75) is 72.4 Å². The molecule has 0 radical (unpaired) electrons. The smallest absolute Gasteiger partial charge is 0.269 e. The first kappa shape index (κ1) is 30.8. The largest absolute Gasteiger partial charge is 0.487 e. The van der Waals surface area contributed by atoms with Crippen LogP contribution in [0.15, 0.2) is 95.3 Å². The van der Waals surface area contributed by atoms with E-state index in [4.69, 9.17) is 16.3 Å². The van der Waals surface area contributed by atoms with Crippen molar-refractivity contribution in [3.8, 4) is 5.75 Å². The van der Waals surface area contributed by atoms with Crippen LogP contribution in [0.5, 0.6) is 5.75 Å². The molecule has 3 aromatic carbocycles. The molecule has 0 N–H and O–H groups in total. The van der Waals surface area contributed by atoms with Gasteiger partial charge in [0, 0.05) is 60.0 Å². The quantitative estimate of drug-likeness (QED) is 0.193. The summed E-state index contributed by atoms with van der Waals surface area (Å²) in [6, 6.07) is 21.9. The summed E-state index contributed by atoms with van der Waals surface area (Å²) in [5.41, 5.74) is 5.48. The molecule has 6 rings (SSSR count). The molecule has 0 saturated carbocycles. The number of ketones is 2. The highest BCUT2D eigenvalue weighted by atomic mass is 35.5. The van der Waals surface area contributed by atoms with Gasteiger partial charge in [0.25, 0.3) is 5.69 Å². The van der Waals surface area contributed by atoms with E-state index in [-0.39, 0.29) is 34.7 Å². The van der Waals surface area contributed by atoms with Gasteiger partial charge in [-0.05, 0) is 52.5 Å². The van der Waals surface area contributed by atoms with Crippen LogP contribution in [-0.4, -0.2) is 21.4 Å². The van der Waals surface area contributed by atoms with Crippen LogP contribution in [0.3, 0.4) is 0 Å². The molecular weight excluding hydrogens is 588 g/mol. The van der Waals surface area contributed by atoms with Crippen LogP contribution in [0.1, 0.15) is 76.0 Å². The molecule has 2 aliphatic carbocycles. The van der Waals surface area contributed by atoms with Crippen LogP contribution < -0.4 is 4.74 Å². The number of hydrogen-bond donors (Lipinski definition) is 0. The molecule has 0 amide bonds. The summed E-state index contributed by atoms with van der Waals surface area (Å²) in [4.78, 5) is 41.2. The number of Topliss-reactive ketones (excluding diaryl/α,β-unsaturated/α-hetero) is 2. The maximum atomic E-state index is 14.1. The summed E-state index contributed by atoms with van der Waals surface area (Å²) < 4.78 is 5.97. The fourth-order valence-corrected chi connectivity index (χ4v) is 7.32. The third-order valence-electron chi connectivity index (χ3n) is 9.01. The number of halogens is 1. The minimum atomic E-state index is -0.516. The van der Waals surface area contributed by atoms with Gasteiger partial charge in [-0.3, -0.25) is 19.7 Å². The van der Waals surface area contributed by atoms with Crippen LogP contribution in [0, 0.1) is 20.9 Å². The fourth-order valence-electron chi connectivity index (χ4n) is 7.07. The zero-order chi connectivity index (χ0) is 32.1. The van der Waals surface area contributed by atoms with Gasteiger partial charge in [-0.25, -0.2) is 0 Å². The molecular formula is C37H37ClN2O5. The second-order valence-electron chi connectivity index (χ2n) is 14.0. The Labute approximate surface area is 268 Å². The molecule has 232 valence electrons. The van der Waals surface area contributed by atoms with Crippen molar-refractivity contribution in [2.24, 2.45) is 10.8 Å². The summed E-state index contributed by atoms with van der Waals surface area (Å²) in [5.74, 6) is 0.0350. The first-order valence-corrected chi connectivity index (χ1v) is 15.7. The number of hydrogen-bond acceptors (Lipinski definition) is 6. The van der Waals surface area contributed by atoms with Gasteiger partial charge in [0.1, 0.15) is 12.4 Å². The van der Waals surface area contributed by atoms with E-state index in [1.165, 1.54) is 12.1 Å². The first-order chi connectivity index (χ1) is 21.3. The van der Waals surface area contributed by atoms with Crippen molar-refractivity contribution < 1.29 is 19.2 Å². The van der Waals surface area contributed by atoms with Crippen molar-refractivity contribution in [3.63, 3.8) is 0 Å². The number of benzene rings is 3. The van der Waals surface area contributed by atoms with Crippen LogP contribution in [0.4, 0.5) is 5.69 Å². The minimum Gasteiger partial charge on any atom is -0.487 e. The van der Waals surface area contributed by atoms with Crippen molar-refractivity contribution in [1.29, 1.82) is 0 Å². The predicted molar refractivity (Wildman–Crippen MR) is 174 cm³/mol. The Morgan fingerprint density at radius 2 is 1.42 bits per heavy atom. The molecule has 0 bridgehead atoms. The summed E-state index contributed by atoms with van der Waals surface area (Å²) in [7, 11) is 0. The lowest BCUT2D eigenvalue weighted by molar-refractivity contribution is -0.384. The highest BCUT2D eigenvalue weighted by Gasteiger charge is 2.49. The van der Waals surface area contributed by atoms with Crippen molar-refractivity contribution in [1.82, 2.24) is 4.90 Å². The normalized spacial score (nSPS) is 19.4. The molecule has 8 heteroatoms. The highest BCUT2D eigenvalue weighted by molar-refractivity contribution is 6.32. The second-order valence-corrected chi connectivity index (χ2v) is 14.4. The van der Waals surface area contributed by atoms with E-state index in [0.29, 0.717) is 46.9 Å². The first-order valence-electron chi connectivity index (χ1n) is 15.3. The molecule has 0 fully saturated rings. The maximum absolute atomic E-state index is 14.1. The lowest BCUT2D eigenvalue weighted by Crippen LogP contribution is -2.44. The van der Waals surface area contributed by atoms with Gasteiger partial charge >= 0.3 is 0 Å². The highest BCUT2D eigenvalue weighted by Crippen LogP contribution is 2.55. The van der Waals surface area contributed by atoms with Gasteiger partial charge in [0.05, 0.1) is 9.95 Å². The number of nitro benzene ring substituents is 1.